The van der Waals surface area contributed by atoms with Crippen molar-refractivity contribution in [1.82, 2.24) is 4.98 Å². The second kappa shape index (κ2) is 5.95. The van der Waals surface area contributed by atoms with Crippen molar-refractivity contribution in [3.63, 3.8) is 0 Å². The highest BCUT2D eigenvalue weighted by Gasteiger charge is 2.14. The molecule has 1 heterocycles. The topological polar surface area (TPSA) is 65.5 Å². The minimum absolute atomic E-state index is 0.217. The van der Waals surface area contributed by atoms with Crippen molar-refractivity contribution in [2.24, 2.45) is 0 Å². The molecule has 5 nitrogen and oxygen atoms in total. The molecule has 0 atom stereocenters. The largest absolute Gasteiger partial charge is 0.465 e. The van der Waals surface area contributed by atoms with Gasteiger partial charge in [0, 0.05) is 18.8 Å². The summed E-state index contributed by atoms with van der Waals surface area (Å²) in [6, 6.07) is 1.40. The third-order valence-electron chi connectivity index (χ3n) is 2.59. The first-order valence-corrected chi connectivity index (χ1v) is 5.82. The van der Waals surface area contributed by atoms with Gasteiger partial charge in [0.2, 0.25) is 0 Å². The number of aromatic nitrogens is 1. The highest BCUT2D eigenvalue weighted by Crippen LogP contribution is 2.15. The highest BCUT2D eigenvalue weighted by atomic mass is 16.5. The molecular weight excluding hydrogens is 246 g/mol. The van der Waals surface area contributed by atoms with Gasteiger partial charge in [0.25, 0.3) is 0 Å². The molecule has 0 spiro atoms. The third kappa shape index (κ3) is 3.28. The molecule has 5 heteroatoms. The van der Waals surface area contributed by atoms with E-state index in [0.29, 0.717) is 12.2 Å². The van der Waals surface area contributed by atoms with Gasteiger partial charge in [-0.25, -0.2) is 9.59 Å². The van der Waals surface area contributed by atoms with Gasteiger partial charge in [0.1, 0.15) is 5.76 Å². The predicted octanol–water partition coefficient (Wildman–Crippen LogP) is 2.26. The Morgan fingerprint density at radius 3 is 2.58 bits per heavy atom. The number of allylic oxidation sites excluding steroid dienone is 4. The number of carbonyl (C=O) groups excluding carboxylic acids is 2. The average Bonchev–Trinajstić information content (AvgIpc) is 2.47. The lowest BCUT2D eigenvalue weighted by atomic mass is 10.1. The summed E-state index contributed by atoms with van der Waals surface area (Å²) in [4.78, 5) is 27.1. The Hall–Kier alpha value is -2.43. The quantitative estimate of drug-likeness (QED) is 0.779. The van der Waals surface area contributed by atoms with Gasteiger partial charge in [-0.3, -0.25) is 4.98 Å². The zero-order valence-corrected chi connectivity index (χ0v) is 10.5. The molecule has 0 N–H and O–H groups in total. The molecule has 0 unspecified atom stereocenters. The minimum Gasteiger partial charge on any atom is -0.465 e. The van der Waals surface area contributed by atoms with Gasteiger partial charge in [0.05, 0.1) is 18.2 Å². The summed E-state index contributed by atoms with van der Waals surface area (Å²) < 4.78 is 9.79. The first kappa shape index (κ1) is 13.0. The van der Waals surface area contributed by atoms with E-state index in [1.54, 1.807) is 6.08 Å². The summed E-state index contributed by atoms with van der Waals surface area (Å²) in [5.74, 6) is -0.460. The van der Waals surface area contributed by atoms with E-state index in [2.05, 4.69) is 9.72 Å². The lowest BCUT2D eigenvalue weighted by Gasteiger charge is -2.09. The fourth-order valence-corrected chi connectivity index (χ4v) is 1.62. The molecular formula is C14H13NO4. The zero-order chi connectivity index (χ0) is 13.7. The van der Waals surface area contributed by atoms with Crippen molar-refractivity contribution in [1.29, 1.82) is 0 Å². The number of hydrogen-bond acceptors (Lipinski definition) is 5. The number of pyridine rings is 1. The Kier molecular flexibility index (Phi) is 4.07. The van der Waals surface area contributed by atoms with Gasteiger partial charge in [-0.05, 0) is 18.6 Å². The smallest absolute Gasteiger partial charge is 0.344 e. The van der Waals surface area contributed by atoms with Crippen LogP contribution < -0.4 is 0 Å². The minimum atomic E-state index is -0.540. The molecule has 0 saturated carbocycles. The second-order valence-electron chi connectivity index (χ2n) is 3.94. The summed E-state index contributed by atoms with van der Waals surface area (Å²) >= 11 is 0. The van der Waals surface area contributed by atoms with Crippen LogP contribution in [0.4, 0.5) is 0 Å². The summed E-state index contributed by atoms with van der Waals surface area (Å²) in [7, 11) is 1.27. The van der Waals surface area contributed by atoms with Crippen molar-refractivity contribution in [2.45, 2.75) is 12.8 Å². The zero-order valence-electron chi connectivity index (χ0n) is 10.5. The van der Waals surface area contributed by atoms with Crippen LogP contribution in [0.2, 0.25) is 0 Å². The van der Waals surface area contributed by atoms with Crippen LogP contribution in [0.1, 0.15) is 33.6 Å². The molecule has 0 fully saturated rings. The van der Waals surface area contributed by atoms with Gasteiger partial charge in [-0.1, -0.05) is 12.2 Å². The summed E-state index contributed by atoms with van der Waals surface area (Å²) in [6.07, 6.45) is 9.82. The SMILES string of the molecule is COC(=O)c1cncc(C(=O)OC2=CC=CCC2)c1. The third-order valence-corrected chi connectivity index (χ3v) is 2.59. The summed E-state index contributed by atoms with van der Waals surface area (Å²) in [5, 5.41) is 0. The first-order valence-electron chi connectivity index (χ1n) is 5.82. The maximum atomic E-state index is 11.9. The molecule has 0 saturated heterocycles. The average molecular weight is 259 g/mol. The van der Waals surface area contributed by atoms with E-state index in [1.165, 1.54) is 25.6 Å². The van der Waals surface area contributed by atoms with Gasteiger partial charge in [0.15, 0.2) is 0 Å². The van der Waals surface area contributed by atoms with Crippen LogP contribution in [0.25, 0.3) is 0 Å². The number of carbonyl (C=O) groups is 2. The van der Waals surface area contributed by atoms with Crippen molar-refractivity contribution in [3.05, 3.63) is 53.6 Å². The van der Waals surface area contributed by atoms with Gasteiger partial charge in [-0.2, -0.15) is 0 Å². The van der Waals surface area contributed by atoms with Crippen LogP contribution >= 0.6 is 0 Å². The van der Waals surface area contributed by atoms with E-state index in [1.807, 2.05) is 12.2 Å². The van der Waals surface area contributed by atoms with Gasteiger partial charge in [-0.15, -0.1) is 0 Å². The number of ether oxygens (including phenoxy) is 2. The van der Waals surface area contributed by atoms with Crippen LogP contribution in [0.3, 0.4) is 0 Å². The monoisotopic (exact) mass is 259 g/mol. The van der Waals surface area contributed by atoms with Gasteiger partial charge >= 0.3 is 11.9 Å². The Balaban J connectivity index is 2.13. The fourth-order valence-electron chi connectivity index (χ4n) is 1.62. The van der Waals surface area contributed by atoms with Crippen molar-refractivity contribution < 1.29 is 19.1 Å². The number of hydrogen-bond donors (Lipinski definition) is 0. The molecule has 0 aromatic carbocycles. The summed E-state index contributed by atoms with van der Waals surface area (Å²) in [6.45, 7) is 0. The normalized spacial score (nSPS) is 13.6. The number of methoxy groups -OCH3 is 1. The molecule has 1 aromatic rings. The van der Waals surface area contributed by atoms with Crippen molar-refractivity contribution >= 4 is 11.9 Å². The second-order valence-corrected chi connectivity index (χ2v) is 3.94. The van der Waals surface area contributed by atoms with Gasteiger partial charge < -0.3 is 9.47 Å². The molecule has 0 radical (unpaired) electrons. The molecule has 0 aliphatic heterocycles. The molecule has 0 amide bonds. The van der Waals surface area contributed by atoms with E-state index in [-0.39, 0.29) is 11.1 Å². The maximum absolute atomic E-state index is 11.9. The van der Waals surface area contributed by atoms with E-state index < -0.39 is 11.9 Å². The lowest BCUT2D eigenvalue weighted by molar-refractivity contribution is 0.0600. The van der Waals surface area contributed by atoms with E-state index >= 15 is 0 Å². The van der Waals surface area contributed by atoms with Crippen LogP contribution in [-0.4, -0.2) is 24.0 Å². The molecule has 2 rings (SSSR count). The fraction of sp³-hybridized carbons (Fsp3) is 0.214. The van der Waals surface area contributed by atoms with Crippen LogP contribution in [0, 0.1) is 0 Å². The number of esters is 2. The van der Waals surface area contributed by atoms with Crippen molar-refractivity contribution in [3.8, 4) is 0 Å². The van der Waals surface area contributed by atoms with E-state index in [9.17, 15) is 9.59 Å². The van der Waals surface area contributed by atoms with Crippen LogP contribution in [0.5, 0.6) is 0 Å². The number of rotatable bonds is 3. The Morgan fingerprint density at radius 1 is 1.21 bits per heavy atom. The molecule has 1 aliphatic carbocycles. The standard InChI is InChI=1S/C14H13NO4/c1-18-13(16)10-7-11(9-15-8-10)14(17)19-12-5-3-2-4-6-12/h2-3,5,7-9H,4,6H2,1H3. The van der Waals surface area contributed by atoms with E-state index in [0.717, 1.165) is 6.42 Å². The highest BCUT2D eigenvalue weighted by molar-refractivity contribution is 5.95. The van der Waals surface area contributed by atoms with Crippen molar-refractivity contribution in [2.75, 3.05) is 7.11 Å². The Morgan fingerprint density at radius 2 is 1.95 bits per heavy atom. The molecule has 1 aromatic heterocycles. The predicted molar refractivity (Wildman–Crippen MR) is 67.4 cm³/mol. The first-order chi connectivity index (χ1) is 9.20. The lowest BCUT2D eigenvalue weighted by Crippen LogP contribution is -2.09. The van der Waals surface area contributed by atoms with Crippen LogP contribution in [-0.2, 0) is 9.47 Å². The molecule has 98 valence electrons. The van der Waals surface area contributed by atoms with Crippen LogP contribution in [0.15, 0.2) is 42.4 Å². The Labute approximate surface area is 110 Å². The molecule has 0 bridgehead atoms. The Bertz CT molecular complexity index is 560. The maximum Gasteiger partial charge on any atom is 0.344 e. The molecule has 1 aliphatic rings. The molecule has 19 heavy (non-hydrogen) atoms. The summed E-state index contributed by atoms with van der Waals surface area (Å²) in [5.41, 5.74) is 0.438. The van der Waals surface area contributed by atoms with E-state index in [4.69, 9.17) is 4.74 Å². The number of nitrogens with zero attached hydrogens (tertiary/aromatic N) is 1.